The summed E-state index contributed by atoms with van der Waals surface area (Å²) in [6.07, 6.45) is 1.63. The number of fused-ring (bicyclic) bond motifs is 1. The molecule has 1 saturated heterocycles. The maximum absolute atomic E-state index is 13.2. The van der Waals surface area contributed by atoms with Gasteiger partial charge in [0.05, 0.1) is 18.8 Å². The highest BCUT2D eigenvalue weighted by atomic mass is 19.1. The molecule has 0 radical (unpaired) electrons. The molecule has 2 aromatic carbocycles. The summed E-state index contributed by atoms with van der Waals surface area (Å²) in [5.74, 6) is -0.255. The first-order chi connectivity index (χ1) is 16.6. The molecule has 3 aromatic rings. The van der Waals surface area contributed by atoms with Crippen molar-refractivity contribution in [2.24, 2.45) is 0 Å². The highest BCUT2D eigenvalue weighted by Crippen LogP contribution is 2.27. The van der Waals surface area contributed by atoms with Crippen molar-refractivity contribution in [2.75, 3.05) is 13.1 Å². The van der Waals surface area contributed by atoms with Crippen LogP contribution in [0.5, 0.6) is 0 Å². The molecule has 9 heteroatoms. The second-order valence-corrected chi connectivity index (χ2v) is 8.88. The summed E-state index contributed by atoms with van der Waals surface area (Å²) in [5.41, 5.74) is 3.95. The van der Waals surface area contributed by atoms with Gasteiger partial charge >= 0.3 is 6.03 Å². The van der Waals surface area contributed by atoms with Gasteiger partial charge in [0.1, 0.15) is 17.6 Å². The van der Waals surface area contributed by atoms with Gasteiger partial charge in [0, 0.05) is 32.2 Å². The lowest BCUT2D eigenvalue weighted by Crippen LogP contribution is -2.47. The third kappa shape index (κ3) is 5.43. The summed E-state index contributed by atoms with van der Waals surface area (Å²) in [4.78, 5) is 14.6. The molecular weight excluding hydrogens is 435 g/mol. The summed E-state index contributed by atoms with van der Waals surface area (Å²) in [6.45, 7) is 4.01. The zero-order chi connectivity index (χ0) is 23.3. The van der Waals surface area contributed by atoms with E-state index in [1.165, 1.54) is 12.1 Å². The number of carbonyl (C=O) groups is 1. The molecule has 1 fully saturated rings. The Kier molecular flexibility index (Phi) is 6.82. The second kappa shape index (κ2) is 10.3. The maximum atomic E-state index is 13.2. The van der Waals surface area contributed by atoms with Crippen molar-refractivity contribution in [1.82, 2.24) is 30.5 Å². The Morgan fingerprint density at radius 3 is 2.62 bits per heavy atom. The average molecular weight is 465 g/mol. The zero-order valence-electron chi connectivity index (χ0n) is 19.0. The first kappa shape index (κ1) is 22.5. The van der Waals surface area contributed by atoms with E-state index < -0.39 is 0 Å². The number of rotatable bonds is 6. The van der Waals surface area contributed by atoms with Crippen LogP contribution in [0.15, 0.2) is 54.6 Å². The van der Waals surface area contributed by atoms with E-state index in [2.05, 4.69) is 25.8 Å². The molecule has 2 aliphatic rings. The maximum Gasteiger partial charge on any atom is 0.315 e. The van der Waals surface area contributed by atoms with E-state index in [1.807, 2.05) is 35.0 Å². The van der Waals surface area contributed by atoms with Gasteiger partial charge in [0.2, 0.25) is 0 Å². The predicted octanol–water partition coefficient (Wildman–Crippen LogP) is 3.15. The fourth-order valence-corrected chi connectivity index (χ4v) is 4.53. The van der Waals surface area contributed by atoms with Crippen LogP contribution in [-0.4, -0.2) is 45.1 Å². The number of hydrogen-bond donors (Lipinski definition) is 2. The number of hydrogen-bond acceptors (Lipinski definition) is 5. The minimum absolute atomic E-state index is 0.123. The number of nitrogens with one attached hydrogen (secondary N) is 2. The quantitative estimate of drug-likeness (QED) is 0.586. The normalized spacial score (nSPS) is 18.9. The summed E-state index contributed by atoms with van der Waals surface area (Å²) in [7, 11) is 0. The van der Waals surface area contributed by atoms with Crippen LogP contribution in [0.2, 0.25) is 0 Å². The number of likely N-dealkylation sites (tertiary alicyclic amines) is 1. The minimum Gasteiger partial charge on any atom is -0.365 e. The molecule has 2 N–H and O–H groups in total. The topological polar surface area (TPSA) is 84.3 Å². The van der Waals surface area contributed by atoms with Gasteiger partial charge in [0.15, 0.2) is 0 Å². The van der Waals surface area contributed by atoms with Gasteiger partial charge in [-0.25, -0.2) is 13.9 Å². The van der Waals surface area contributed by atoms with Crippen LogP contribution in [0.1, 0.15) is 41.5 Å². The van der Waals surface area contributed by atoms with E-state index in [4.69, 9.17) is 4.74 Å². The van der Waals surface area contributed by atoms with E-state index in [0.29, 0.717) is 26.2 Å². The molecule has 1 atom stereocenters. The van der Waals surface area contributed by atoms with Crippen LogP contribution in [0.3, 0.4) is 0 Å². The second-order valence-electron chi connectivity index (χ2n) is 8.88. The Morgan fingerprint density at radius 2 is 1.85 bits per heavy atom. The molecular formula is C25H29FN6O2. The minimum atomic E-state index is -0.255. The van der Waals surface area contributed by atoms with Gasteiger partial charge in [-0.3, -0.25) is 4.90 Å². The highest BCUT2D eigenvalue weighted by molar-refractivity contribution is 5.74. The van der Waals surface area contributed by atoms with Crippen LogP contribution in [-0.2, 0) is 31.0 Å². The van der Waals surface area contributed by atoms with E-state index in [-0.39, 0.29) is 24.0 Å². The van der Waals surface area contributed by atoms with Crippen molar-refractivity contribution in [3.05, 3.63) is 82.9 Å². The van der Waals surface area contributed by atoms with Crippen molar-refractivity contribution in [1.29, 1.82) is 0 Å². The lowest BCUT2D eigenvalue weighted by molar-refractivity contribution is -0.00219. The SMILES string of the molecule is O=C(NCc1ccccc1)NC1CCN(Cc2nnn3c2CO[C@H](c2ccc(F)cc2)C3)CC1. The Bertz CT molecular complexity index is 1100. The number of ether oxygens (including phenoxy) is 1. The van der Waals surface area contributed by atoms with Crippen LogP contribution < -0.4 is 10.6 Å². The third-order valence-corrected chi connectivity index (χ3v) is 6.51. The molecule has 178 valence electrons. The fourth-order valence-electron chi connectivity index (χ4n) is 4.53. The molecule has 0 saturated carbocycles. The molecule has 1 aromatic heterocycles. The number of piperidine rings is 1. The van der Waals surface area contributed by atoms with E-state index >= 15 is 0 Å². The lowest BCUT2D eigenvalue weighted by atomic mass is 10.0. The van der Waals surface area contributed by atoms with Gasteiger partial charge < -0.3 is 15.4 Å². The molecule has 3 heterocycles. The van der Waals surface area contributed by atoms with E-state index in [0.717, 1.165) is 48.4 Å². The fraction of sp³-hybridized carbons (Fsp3) is 0.400. The van der Waals surface area contributed by atoms with E-state index in [9.17, 15) is 9.18 Å². The summed E-state index contributed by atoms with van der Waals surface area (Å²) < 4.78 is 21.1. The van der Waals surface area contributed by atoms with Crippen molar-refractivity contribution in [3.8, 4) is 0 Å². The lowest BCUT2D eigenvalue weighted by Gasteiger charge is -2.32. The number of nitrogens with zero attached hydrogens (tertiary/aromatic N) is 4. The van der Waals surface area contributed by atoms with Crippen molar-refractivity contribution < 1.29 is 13.9 Å². The summed E-state index contributed by atoms with van der Waals surface area (Å²) >= 11 is 0. The van der Waals surface area contributed by atoms with E-state index in [1.54, 1.807) is 12.1 Å². The molecule has 2 amide bonds. The van der Waals surface area contributed by atoms with Crippen LogP contribution >= 0.6 is 0 Å². The predicted molar refractivity (Wildman–Crippen MR) is 124 cm³/mol. The van der Waals surface area contributed by atoms with Crippen LogP contribution in [0, 0.1) is 5.82 Å². The molecule has 2 aliphatic heterocycles. The average Bonchev–Trinajstić information content (AvgIpc) is 3.27. The summed E-state index contributed by atoms with van der Waals surface area (Å²) in [5, 5.41) is 14.8. The third-order valence-electron chi connectivity index (χ3n) is 6.51. The van der Waals surface area contributed by atoms with Crippen LogP contribution in [0.4, 0.5) is 9.18 Å². The molecule has 0 spiro atoms. The Balaban J connectivity index is 1.08. The number of halogens is 1. The molecule has 0 bridgehead atoms. The number of amides is 2. The molecule has 0 aliphatic carbocycles. The molecule has 0 unspecified atom stereocenters. The van der Waals surface area contributed by atoms with Crippen molar-refractivity contribution >= 4 is 6.03 Å². The van der Waals surface area contributed by atoms with Gasteiger partial charge in [0.25, 0.3) is 0 Å². The number of carbonyl (C=O) groups excluding carboxylic acids is 1. The Labute approximate surface area is 198 Å². The first-order valence-electron chi connectivity index (χ1n) is 11.7. The molecule has 8 nitrogen and oxygen atoms in total. The highest BCUT2D eigenvalue weighted by Gasteiger charge is 2.27. The summed E-state index contributed by atoms with van der Waals surface area (Å²) in [6, 6.07) is 16.3. The molecule has 34 heavy (non-hydrogen) atoms. The zero-order valence-corrected chi connectivity index (χ0v) is 19.0. The Morgan fingerprint density at radius 1 is 1.09 bits per heavy atom. The van der Waals surface area contributed by atoms with Crippen molar-refractivity contribution in [2.45, 2.75) is 51.2 Å². The van der Waals surface area contributed by atoms with Crippen molar-refractivity contribution in [3.63, 3.8) is 0 Å². The largest absolute Gasteiger partial charge is 0.365 e. The van der Waals surface area contributed by atoms with Gasteiger partial charge in [-0.1, -0.05) is 47.7 Å². The van der Waals surface area contributed by atoms with Gasteiger partial charge in [-0.05, 0) is 36.1 Å². The number of aromatic nitrogens is 3. The number of benzene rings is 2. The van der Waals surface area contributed by atoms with Gasteiger partial charge in [-0.2, -0.15) is 0 Å². The van der Waals surface area contributed by atoms with Gasteiger partial charge in [-0.15, -0.1) is 5.10 Å². The van der Waals surface area contributed by atoms with Crippen LogP contribution in [0.25, 0.3) is 0 Å². The standard InChI is InChI=1S/C25H29FN6O2/c26-20-8-6-19(7-9-20)24-16-32-23(17-34-24)22(29-30-32)15-31-12-10-21(11-13-31)28-25(33)27-14-18-4-2-1-3-5-18/h1-9,21,24H,10-17H2,(H2,27,28,33)/t24-/m0/s1. The first-order valence-corrected chi connectivity index (χ1v) is 11.7. The smallest absolute Gasteiger partial charge is 0.315 e. The molecule has 5 rings (SSSR count). The monoisotopic (exact) mass is 464 g/mol. The number of urea groups is 1. The Hall–Kier alpha value is -3.30.